The Morgan fingerprint density at radius 2 is 2.19 bits per heavy atom. The molecule has 172 valence electrons. The first-order valence-corrected chi connectivity index (χ1v) is 10.7. The SMILES string of the molecule is C=CNC(=O)CNC1(C2=C(F)CCC(OC)=C2)CCC1.CCN(C)c1ccc(C#N)cn1. The number of methoxy groups -OCH3 is 1. The van der Waals surface area contributed by atoms with Crippen LogP contribution in [0.15, 0.2) is 54.3 Å². The number of carbonyl (C=O) groups is 1. The summed E-state index contributed by atoms with van der Waals surface area (Å²) in [4.78, 5) is 17.7. The Kier molecular flexibility index (Phi) is 9.41. The maximum atomic E-state index is 14.2. The van der Waals surface area contributed by atoms with Crippen molar-refractivity contribution in [2.24, 2.45) is 0 Å². The molecule has 1 saturated carbocycles. The summed E-state index contributed by atoms with van der Waals surface area (Å²) < 4.78 is 19.4. The van der Waals surface area contributed by atoms with Crippen molar-refractivity contribution in [3.63, 3.8) is 0 Å². The highest BCUT2D eigenvalue weighted by molar-refractivity contribution is 5.79. The third-order valence-corrected chi connectivity index (χ3v) is 5.77. The maximum absolute atomic E-state index is 14.2. The molecule has 0 aromatic carbocycles. The Morgan fingerprint density at radius 3 is 2.69 bits per heavy atom. The number of aromatic nitrogens is 1. The summed E-state index contributed by atoms with van der Waals surface area (Å²) in [6.45, 7) is 6.57. The molecule has 8 heteroatoms. The summed E-state index contributed by atoms with van der Waals surface area (Å²) in [6, 6.07) is 5.65. The van der Waals surface area contributed by atoms with Gasteiger partial charge in [-0.1, -0.05) is 6.58 Å². The second-order valence-corrected chi connectivity index (χ2v) is 7.73. The summed E-state index contributed by atoms with van der Waals surface area (Å²) in [5, 5.41) is 14.2. The lowest BCUT2D eigenvalue weighted by Gasteiger charge is -2.45. The fraction of sp³-hybridized carbons (Fsp3) is 0.458. The Balaban J connectivity index is 0.000000258. The van der Waals surface area contributed by atoms with E-state index in [1.165, 1.54) is 6.20 Å². The molecule has 1 heterocycles. The minimum absolute atomic E-state index is 0.0953. The van der Waals surface area contributed by atoms with E-state index in [2.05, 4.69) is 29.1 Å². The van der Waals surface area contributed by atoms with Crippen LogP contribution >= 0.6 is 0 Å². The fourth-order valence-corrected chi connectivity index (χ4v) is 3.56. The maximum Gasteiger partial charge on any atom is 0.237 e. The molecule has 32 heavy (non-hydrogen) atoms. The highest BCUT2D eigenvalue weighted by atomic mass is 19.1. The van der Waals surface area contributed by atoms with Gasteiger partial charge in [-0.25, -0.2) is 9.37 Å². The number of allylic oxidation sites excluding steroid dienone is 2. The standard InChI is InChI=1S/C15H21FN2O2.C9H11N3/c1-3-17-14(19)10-18-15(7-4-8-15)12-9-11(20-2)5-6-13(12)16;1-3-12(2)9-5-4-8(6-10)7-11-9/h3,9,18H,1,4-8,10H2,2H3,(H,17,19);4-5,7H,3H2,1-2H3. The summed E-state index contributed by atoms with van der Waals surface area (Å²) in [7, 11) is 3.57. The number of nitrogens with one attached hydrogen (secondary N) is 2. The van der Waals surface area contributed by atoms with E-state index in [0.29, 0.717) is 24.0 Å². The van der Waals surface area contributed by atoms with Crippen LogP contribution in [0, 0.1) is 11.3 Å². The van der Waals surface area contributed by atoms with Gasteiger partial charge in [0.25, 0.3) is 0 Å². The number of nitrogens with zero attached hydrogens (tertiary/aromatic N) is 3. The van der Waals surface area contributed by atoms with Gasteiger partial charge in [0, 0.05) is 43.7 Å². The fourth-order valence-electron chi connectivity index (χ4n) is 3.56. The summed E-state index contributed by atoms with van der Waals surface area (Å²) in [6.07, 6.45) is 8.40. The number of ether oxygens (including phenoxy) is 1. The lowest BCUT2D eigenvalue weighted by molar-refractivity contribution is -0.119. The summed E-state index contributed by atoms with van der Waals surface area (Å²) >= 11 is 0. The number of hydrogen-bond donors (Lipinski definition) is 2. The van der Waals surface area contributed by atoms with Crippen LogP contribution in [0.2, 0.25) is 0 Å². The molecule has 0 unspecified atom stereocenters. The van der Waals surface area contributed by atoms with Gasteiger partial charge >= 0.3 is 0 Å². The van der Waals surface area contributed by atoms with Crippen molar-refractivity contribution >= 4 is 11.7 Å². The van der Waals surface area contributed by atoms with Crippen LogP contribution in [0.5, 0.6) is 0 Å². The molecule has 0 saturated heterocycles. The van der Waals surface area contributed by atoms with Crippen LogP contribution in [0.25, 0.3) is 0 Å². The Labute approximate surface area is 189 Å². The average molecular weight is 442 g/mol. The van der Waals surface area contributed by atoms with Crippen molar-refractivity contribution in [3.05, 3.63) is 59.9 Å². The highest BCUT2D eigenvalue weighted by Gasteiger charge is 2.42. The number of pyridine rings is 1. The van der Waals surface area contributed by atoms with Crippen molar-refractivity contribution in [2.45, 2.75) is 44.6 Å². The molecule has 0 bridgehead atoms. The van der Waals surface area contributed by atoms with E-state index >= 15 is 0 Å². The molecule has 0 spiro atoms. The van der Waals surface area contributed by atoms with Crippen molar-refractivity contribution < 1.29 is 13.9 Å². The van der Waals surface area contributed by atoms with Gasteiger partial charge in [0.1, 0.15) is 17.7 Å². The Hall–Kier alpha value is -3.18. The van der Waals surface area contributed by atoms with Gasteiger partial charge in [-0.15, -0.1) is 0 Å². The second kappa shape index (κ2) is 12.0. The zero-order chi connectivity index (χ0) is 23.6. The molecular formula is C24H32FN5O2. The molecule has 1 fully saturated rings. The summed E-state index contributed by atoms with van der Waals surface area (Å²) in [5.74, 6) is 1.43. The van der Waals surface area contributed by atoms with Gasteiger partial charge in [0.05, 0.1) is 25.0 Å². The topological polar surface area (TPSA) is 90.3 Å². The number of anilines is 1. The average Bonchev–Trinajstić information content (AvgIpc) is 2.79. The molecular weight excluding hydrogens is 409 g/mol. The van der Waals surface area contributed by atoms with Crippen molar-refractivity contribution in [1.82, 2.24) is 15.6 Å². The number of nitriles is 1. The van der Waals surface area contributed by atoms with E-state index in [1.54, 1.807) is 25.4 Å². The normalized spacial score (nSPS) is 16.4. The van der Waals surface area contributed by atoms with E-state index in [1.807, 2.05) is 24.1 Å². The van der Waals surface area contributed by atoms with Gasteiger partial charge in [0.15, 0.2) is 0 Å². The highest BCUT2D eigenvalue weighted by Crippen LogP contribution is 2.43. The molecule has 1 aromatic rings. The summed E-state index contributed by atoms with van der Waals surface area (Å²) in [5.41, 5.74) is 0.828. The number of carbonyl (C=O) groups excluding carboxylic acids is 1. The minimum Gasteiger partial charge on any atom is -0.501 e. The van der Waals surface area contributed by atoms with E-state index in [9.17, 15) is 9.18 Å². The number of hydrogen-bond acceptors (Lipinski definition) is 6. The molecule has 2 aliphatic carbocycles. The molecule has 0 aliphatic heterocycles. The molecule has 7 nitrogen and oxygen atoms in total. The van der Waals surface area contributed by atoms with Crippen LogP contribution in [0.3, 0.4) is 0 Å². The number of rotatable bonds is 8. The van der Waals surface area contributed by atoms with E-state index in [0.717, 1.165) is 37.4 Å². The van der Waals surface area contributed by atoms with Gasteiger partial charge < -0.3 is 15.0 Å². The van der Waals surface area contributed by atoms with E-state index in [4.69, 9.17) is 10.00 Å². The molecule has 2 N–H and O–H groups in total. The van der Waals surface area contributed by atoms with Gasteiger partial charge in [-0.3, -0.25) is 10.1 Å². The minimum atomic E-state index is -0.424. The predicted molar refractivity (Wildman–Crippen MR) is 123 cm³/mol. The zero-order valence-electron chi connectivity index (χ0n) is 19.1. The van der Waals surface area contributed by atoms with Crippen LogP contribution < -0.4 is 15.5 Å². The van der Waals surface area contributed by atoms with Crippen LogP contribution in [-0.4, -0.2) is 43.7 Å². The molecule has 2 aliphatic rings. The molecule has 1 aromatic heterocycles. The lowest BCUT2D eigenvalue weighted by Crippen LogP contribution is -2.55. The van der Waals surface area contributed by atoms with Crippen molar-refractivity contribution in [1.29, 1.82) is 5.26 Å². The third-order valence-electron chi connectivity index (χ3n) is 5.77. The van der Waals surface area contributed by atoms with Crippen molar-refractivity contribution in [3.8, 4) is 6.07 Å². The lowest BCUT2D eigenvalue weighted by atomic mass is 9.69. The van der Waals surface area contributed by atoms with Gasteiger partial charge in [0.2, 0.25) is 5.91 Å². The number of amides is 1. The molecule has 0 atom stereocenters. The zero-order valence-corrected chi connectivity index (χ0v) is 19.1. The molecule has 3 rings (SSSR count). The van der Waals surface area contributed by atoms with Gasteiger partial charge in [-0.05, 0) is 50.6 Å². The third kappa shape index (κ3) is 6.41. The largest absolute Gasteiger partial charge is 0.501 e. The smallest absolute Gasteiger partial charge is 0.237 e. The van der Waals surface area contributed by atoms with Crippen LogP contribution in [0.4, 0.5) is 10.2 Å². The van der Waals surface area contributed by atoms with Crippen molar-refractivity contribution in [2.75, 3.05) is 32.1 Å². The predicted octanol–water partition coefficient (Wildman–Crippen LogP) is 3.72. The molecule has 1 amide bonds. The monoisotopic (exact) mass is 441 g/mol. The quantitative estimate of drug-likeness (QED) is 0.639. The Morgan fingerprint density at radius 1 is 1.44 bits per heavy atom. The van der Waals surface area contributed by atoms with Crippen LogP contribution in [0.1, 0.15) is 44.6 Å². The van der Waals surface area contributed by atoms with Crippen LogP contribution in [-0.2, 0) is 9.53 Å². The number of halogens is 1. The van der Waals surface area contributed by atoms with E-state index in [-0.39, 0.29) is 18.3 Å². The second-order valence-electron chi connectivity index (χ2n) is 7.73. The molecule has 0 radical (unpaired) electrons. The first-order valence-electron chi connectivity index (χ1n) is 10.7. The Bertz CT molecular complexity index is 898. The first-order chi connectivity index (χ1) is 15.4. The first kappa shape index (κ1) is 25.1. The van der Waals surface area contributed by atoms with E-state index < -0.39 is 5.54 Å². The van der Waals surface area contributed by atoms with Gasteiger partial charge in [-0.2, -0.15) is 5.26 Å².